The van der Waals surface area contributed by atoms with Gasteiger partial charge in [-0.1, -0.05) is 30.0 Å². The van der Waals surface area contributed by atoms with Crippen molar-refractivity contribution in [1.29, 1.82) is 0 Å². The number of aromatic nitrogens is 2. The predicted molar refractivity (Wildman–Crippen MR) is 170 cm³/mol. The lowest BCUT2D eigenvalue weighted by molar-refractivity contribution is -0.137. The number of amides is 2. The van der Waals surface area contributed by atoms with Crippen molar-refractivity contribution < 1.29 is 28.5 Å². The molecule has 10 nitrogen and oxygen atoms in total. The Balaban J connectivity index is 1.76. The van der Waals surface area contributed by atoms with Crippen LogP contribution < -0.4 is 24.3 Å². The van der Waals surface area contributed by atoms with E-state index in [1.807, 2.05) is 44.2 Å². The van der Waals surface area contributed by atoms with Gasteiger partial charge in [-0.15, -0.1) is 0 Å². The van der Waals surface area contributed by atoms with Crippen molar-refractivity contribution in [3.63, 3.8) is 0 Å². The monoisotopic (exact) mass is 616 g/mol. The number of nitrogens with zero attached hydrogens (tertiary/aromatic N) is 3. The Morgan fingerprint density at radius 1 is 0.773 bits per heavy atom. The lowest BCUT2D eigenvalue weighted by atomic mass is 10.0. The molecule has 3 aromatic carbocycles. The van der Waals surface area contributed by atoms with Gasteiger partial charge in [-0.05, 0) is 79.6 Å². The van der Waals surface area contributed by atoms with E-state index >= 15 is 0 Å². The summed E-state index contributed by atoms with van der Waals surface area (Å²) < 4.78 is 21.6. The van der Waals surface area contributed by atoms with Crippen LogP contribution in [0.15, 0.2) is 78.0 Å². The highest BCUT2D eigenvalue weighted by molar-refractivity contribution is 7.99. The van der Waals surface area contributed by atoms with E-state index in [0.29, 0.717) is 39.4 Å². The van der Waals surface area contributed by atoms with Crippen LogP contribution >= 0.6 is 11.8 Å². The summed E-state index contributed by atoms with van der Waals surface area (Å²) in [6, 6.07) is 20.4. The van der Waals surface area contributed by atoms with Crippen LogP contribution in [0.3, 0.4) is 0 Å². The minimum absolute atomic E-state index is 0.0126. The van der Waals surface area contributed by atoms with Gasteiger partial charge in [0.1, 0.15) is 17.5 Å². The molecule has 1 N–H and O–H groups in total. The van der Waals surface area contributed by atoms with Crippen LogP contribution in [0.5, 0.6) is 23.0 Å². The van der Waals surface area contributed by atoms with Crippen LogP contribution in [0.1, 0.15) is 28.6 Å². The van der Waals surface area contributed by atoms with Crippen molar-refractivity contribution in [2.45, 2.75) is 31.6 Å². The van der Waals surface area contributed by atoms with Gasteiger partial charge in [0.2, 0.25) is 5.91 Å². The third-order valence-electron chi connectivity index (χ3n) is 6.76. The average Bonchev–Trinajstić information content (AvgIpc) is 3.03. The molecule has 4 rings (SSSR count). The number of anilines is 1. The van der Waals surface area contributed by atoms with Crippen molar-refractivity contribution >= 4 is 29.3 Å². The molecule has 0 saturated heterocycles. The van der Waals surface area contributed by atoms with Crippen molar-refractivity contribution in [3.8, 4) is 23.0 Å². The van der Waals surface area contributed by atoms with Crippen molar-refractivity contribution in [2.75, 3.05) is 39.5 Å². The number of ether oxygens (including phenoxy) is 4. The molecule has 1 heterocycles. The zero-order valence-corrected chi connectivity index (χ0v) is 26.4. The molecule has 44 heavy (non-hydrogen) atoms. The number of hydrogen-bond acceptors (Lipinski definition) is 9. The summed E-state index contributed by atoms with van der Waals surface area (Å²) in [6.07, 6.45) is 0. The van der Waals surface area contributed by atoms with E-state index < -0.39 is 11.9 Å². The van der Waals surface area contributed by atoms with Gasteiger partial charge >= 0.3 is 0 Å². The topological polar surface area (TPSA) is 112 Å². The van der Waals surface area contributed by atoms with Crippen LogP contribution in [0.4, 0.5) is 5.69 Å². The van der Waals surface area contributed by atoms with Crippen LogP contribution in [0, 0.1) is 13.8 Å². The lowest BCUT2D eigenvalue weighted by Crippen LogP contribution is -2.41. The molecule has 0 fully saturated rings. The number of aryl methyl sites for hydroxylation is 2. The van der Waals surface area contributed by atoms with Gasteiger partial charge in [-0.3, -0.25) is 9.59 Å². The van der Waals surface area contributed by atoms with Gasteiger partial charge in [-0.2, -0.15) is 0 Å². The number of benzene rings is 3. The Hall–Kier alpha value is -4.77. The Morgan fingerprint density at radius 2 is 1.36 bits per heavy atom. The van der Waals surface area contributed by atoms with Gasteiger partial charge in [0.05, 0.1) is 34.2 Å². The lowest BCUT2D eigenvalue weighted by Gasteiger charge is -2.32. The molecule has 0 bridgehead atoms. The second-order valence-electron chi connectivity index (χ2n) is 9.83. The maximum atomic E-state index is 14.2. The summed E-state index contributed by atoms with van der Waals surface area (Å²) in [5.74, 6) is 1.60. The molecular weight excluding hydrogens is 580 g/mol. The molecule has 0 aliphatic rings. The minimum Gasteiger partial charge on any atom is -0.497 e. The fraction of sp³-hybridized carbons (Fsp3) is 0.273. The predicted octanol–water partition coefficient (Wildman–Crippen LogP) is 5.63. The summed E-state index contributed by atoms with van der Waals surface area (Å²) in [7, 11) is 6.23. The molecule has 0 radical (unpaired) electrons. The first kappa shape index (κ1) is 32.2. The van der Waals surface area contributed by atoms with Gasteiger partial charge in [0.15, 0.2) is 16.7 Å². The minimum atomic E-state index is -1.03. The molecule has 1 aromatic heterocycles. The van der Waals surface area contributed by atoms with Crippen molar-refractivity contribution in [3.05, 3.63) is 95.3 Å². The summed E-state index contributed by atoms with van der Waals surface area (Å²) >= 11 is 1.22. The molecule has 0 aliphatic carbocycles. The largest absolute Gasteiger partial charge is 0.497 e. The number of carbonyl (C=O) groups is 2. The van der Waals surface area contributed by atoms with E-state index in [9.17, 15) is 9.59 Å². The fourth-order valence-electron chi connectivity index (χ4n) is 4.60. The quantitative estimate of drug-likeness (QED) is 0.151. The molecule has 230 valence electrons. The first-order chi connectivity index (χ1) is 21.2. The second-order valence-corrected chi connectivity index (χ2v) is 10.8. The van der Waals surface area contributed by atoms with Crippen LogP contribution in [0.25, 0.3) is 0 Å². The highest BCUT2D eigenvalue weighted by Gasteiger charge is 2.33. The first-order valence-electron chi connectivity index (χ1n) is 13.8. The standard InChI is InChI=1S/C33H36N4O6S/c1-21-17-22(2)35-33(34-21)44-20-30(38)37(19-23-7-12-26(40-3)13-8-23)31(24-9-16-28(42-5)29(18-24)43-6)32(39)36-25-10-14-27(41-4)15-11-25/h7-18,31H,19-20H2,1-6H3,(H,36,39). The number of rotatable bonds is 13. The first-order valence-corrected chi connectivity index (χ1v) is 14.8. The third-order valence-corrected chi connectivity index (χ3v) is 7.59. The Labute approximate surface area is 261 Å². The molecular formula is C33H36N4O6S. The molecule has 1 unspecified atom stereocenters. The highest BCUT2D eigenvalue weighted by atomic mass is 32.2. The number of methoxy groups -OCH3 is 4. The van der Waals surface area contributed by atoms with Crippen LogP contribution in [0.2, 0.25) is 0 Å². The fourth-order valence-corrected chi connectivity index (χ4v) is 5.43. The van der Waals surface area contributed by atoms with E-state index in [1.54, 1.807) is 61.6 Å². The Morgan fingerprint density at radius 3 is 1.93 bits per heavy atom. The average molecular weight is 617 g/mol. The normalized spacial score (nSPS) is 11.3. The van der Waals surface area contributed by atoms with E-state index in [4.69, 9.17) is 18.9 Å². The third kappa shape index (κ3) is 8.19. The molecule has 11 heteroatoms. The van der Waals surface area contributed by atoms with E-state index in [-0.39, 0.29) is 18.2 Å². The molecule has 0 spiro atoms. The number of thioether (sulfide) groups is 1. The van der Waals surface area contributed by atoms with Gasteiger partial charge in [0, 0.05) is 23.6 Å². The maximum absolute atomic E-state index is 14.2. The van der Waals surface area contributed by atoms with Gasteiger partial charge in [-0.25, -0.2) is 9.97 Å². The summed E-state index contributed by atoms with van der Waals surface area (Å²) in [5, 5.41) is 3.47. The molecule has 1 atom stereocenters. The van der Waals surface area contributed by atoms with E-state index in [0.717, 1.165) is 17.0 Å². The van der Waals surface area contributed by atoms with E-state index in [2.05, 4.69) is 15.3 Å². The van der Waals surface area contributed by atoms with Crippen molar-refractivity contribution in [2.24, 2.45) is 0 Å². The summed E-state index contributed by atoms with van der Waals surface area (Å²) in [6.45, 7) is 3.91. The summed E-state index contributed by atoms with van der Waals surface area (Å²) in [4.78, 5) is 38.8. The van der Waals surface area contributed by atoms with Gasteiger partial charge in [0.25, 0.3) is 5.91 Å². The second kappa shape index (κ2) is 15.1. The molecule has 2 amide bonds. The number of nitrogens with one attached hydrogen (secondary N) is 1. The Kier molecular flexibility index (Phi) is 11.0. The molecule has 4 aromatic rings. The summed E-state index contributed by atoms with van der Waals surface area (Å²) in [5.41, 5.74) is 3.53. The number of hydrogen-bond donors (Lipinski definition) is 1. The van der Waals surface area contributed by atoms with Crippen LogP contribution in [-0.2, 0) is 16.1 Å². The van der Waals surface area contributed by atoms with E-state index in [1.165, 1.54) is 26.0 Å². The zero-order valence-electron chi connectivity index (χ0n) is 25.6. The molecule has 0 aliphatic heterocycles. The van der Waals surface area contributed by atoms with Crippen LogP contribution in [-0.4, -0.2) is 60.9 Å². The SMILES string of the molecule is COc1ccc(CN(C(=O)CSc2nc(C)cc(C)n2)C(C(=O)Nc2ccc(OC)cc2)c2ccc(OC)c(OC)c2)cc1. The Bertz CT molecular complexity index is 1560. The van der Waals surface area contributed by atoms with Gasteiger partial charge < -0.3 is 29.2 Å². The highest BCUT2D eigenvalue weighted by Crippen LogP contribution is 2.34. The zero-order chi connectivity index (χ0) is 31.6. The smallest absolute Gasteiger partial charge is 0.251 e. The number of carbonyl (C=O) groups excluding carboxylic acids is 2. The van der Waals surface area contributed by atoms with Crippen molar-refractivity contribution in [1.82, 2.24) is 14.9 Å². The molecule has 0 saturated carbocycles. The maximum Gasteiger partial charge on any atom is 0.251 e.